The van der Waals surface area contributed by atoms with E-state index in [0.717, 1.165) is 57.5 Å². The minimum Gasteiger partial charge on any atom is -0.489 e. The van der Waals surface area contributed by atoms with Gasteiger partial charge in [0.1, 0.15) is 18.0 Å². The summed E-state index contributed by atoms with van der Waals surface area (Å²) in [6.07, 6.45) is 5.09. The number of piperidine rings is 1. The number of ether oxygens (including phenoxy) is 2. The lowest BCUT2D eigenvalue weighted by Gasteiger charge is -2.50. The first-order chi connectivity index (χ1) is 15.9. The molecule has 2 N–H and O–H groups in total. The maximum absolute atomic E-state index is 10.6. The molecule has 5 nitrogen and oxygen atoms in total. The lowest BCUT2D eigenvalue weighted by Crippen LogP contribution is -2.62. The Morgan fingerprint density at radius 1 is 1.12 bits per heavy atom. The van der Waals surface area contributed by atoms with Gasteiger partial charge in [-0.25, -0.2) is 0 Å². The summed E-state index contributed by atoms with van der Waals surface area (Å²) in [6.45, 7) is 7.96. The molecule has 0 bridgehead atoms. The number of nitrogens with zero attached hydrogens (tertiary/aromatic N) is 1. The summed E-state index contributed by atoms with van der Waals surface area (Å²) >= 11 is 0. The number of likely N-dealkylation sites (tertiary alicyclic amines) is 1. The van der Waals surface area contributed by atoms with E-state index in [-0.39, 0.29) is 11.6 Å². The summed E-state index contributed by atoms with van der Waals surface area (Å²) in [6, 6.07) is 17.1. The topological polar surface area (TPSA) is 54.0 Å². The second kappa shape index (κ2) is 10.6. The van der Waals surface area contributed by atoms with Crippen LogP contribution >= 0.6 is 0 Å². The minimum absolute atomic E-state index is 0.0708. The van der Waals surface area contributed by atoms with Gasteiger partial charge in [-0.2, -0.15) is 0 Å². The van der Waals surface area contributed by atoms with Crippen molar-refractivity contribution in [3.05, 3.63) is 65.2 Å². The van der Waals surface area contributed by atoms with E-state index in [1.807, 2.05) is 20.0 Å². The van der Waals surface area contributed by atoms with Gasteiger partial charge in [-0.3, -0.25) is 4.90 Å². The van der Waals surface area contributed by atoms with E-state index in [4.69, 9.17) is 9.47 Å². The molecular weight excluding hydrogens is 412 g/mol. The lowest BCUT2D eigenvalue weighted by atomic mass is 9.77. The van der Waals surface area contributed by atoms with Crippen LogP contribution < -0.4 is 10.1 Å². The van der Waals surface area contributed by atoms with Gasteiger partial charge < -0.3 is 19.9 Å². The van der Waals surface area contributed by atoms with Gasteiger partial charge in [-0.15, -0.1) is 0 Å². The van der Waals surface area contributed by atoms with E-state index >= 15 is 0 Å². The fourth-order valence-corrected chi connectivity index (χ4v) is 5.25. The highest BCUT2D eigenvalue weighted by molar-refractivity contribution is 5.38. The third-order valence-corrected chi connectivity index (χ3v) is 7.41. The van der Waals surface area contributed by atoms with E-state index in [2.05, 4.69) is 59.6 Å². The average molecular weight is 453 g/mol. The Bertz CT molecular complexity index is 891. The third kappa shape index (κ3) is 5.96. The Kier molecular flexibility index (Phi) is 7.75. The summed E-state index contributed by atoms with van der Waals surface area (Å²) in [5.74, 6) is 0.985. The molecule has 4 rings (SSSR count). The molecule has 0 amide bonds. The Morgan fingerprint density at radius 3 is 2.58 bits per heavy atom. The van der Waals surface area contributed by atoms with E-state index < -0.39 is 5.60 Å². The molecule has 2 atom stereocenters. The molecule has 2 heterocycles. The highest BCUT2D eigenvalue weighted by atomic mass is 16.5. The predicted octanol–water partition coefficient (Wildman–Crippen LogP) is 4.31. The lowest BCUT2D eigenvalue weighted by molar-refractivity contribution is -0.192. The normalized spacial score (nSPS) is 25.3. The van der Waals surface area contributed by atoms with Crippen LogP contribution in [-0.2, 0) is 24.3 Å². The van der Waals surface area contributed by atoms with Gasteiger partial charge in [0.25, 0.3) is 0 Å². The molecule has 0 unspecified atom stereocenters. The van der Waals surface area contributed by atoms with Gasteiger partial charge in [0.15, 0.2) is 0 Å². The van der Waals surface area contributed by atoms with Crippen LogP contribution in [0.5, 0.6) is 5.75 Å². The van der Waals surface area contributed by atoms with Crippen LogP contribution in [-0.4, -0.2) is 54.0 Å². The van der Waals surface area contributed by atoms with Crippen molar-refractivity contribution in [1.29, 1.82) is 0 Å². The molecule has 0 radical (unpaired) electrons. The maximum Gasteiger partial charge on any atom is 0.124 e. The molecule has 1 spiro atoms. The van der Waals surface area contributed by atoms with E-state index in [9.17, 15) is 5.11 Å². The number of aliphatic hydroxyl groups is 1. The zero-order valence-electron chi connectivity index (χ0n) is 20.5. The second-order valence-corrected chi connectivity index (χ2v) is 10.1. The van der Waals surface area contributed by atoms with Crippen LogP contribution in [0.2, 0.25) is 0 Å². The number of hydrogen-bond acceptors (Lipinski definition) is 5. The Morgan fingerprint density at radius 2 is 1.88 bits per heavy atom. The maximum atomic E-state index is 10.6. The number of rotatable bonds is 8. The zero-order valence-corrected chi connectivity index (χ0v) is 20.5. The quantitative estimate of drug-likeness (QED) is 0.625. The van der Waals surface area contributed by atoms with Crippen LogP contribution in [0, 0.1) is 0 Å². The Labute approximate surface area is 199 Å². The summed E-state index contributed by atoms with van der Waals surface area (Å²) in [5, 5.41) is 13.9. The standard InChI is InChI=1S/C28H40N2O3/c1-4-8-22-11-12-25(32-20-23-9-6-5-7-10-23)24(17-22)19-30-15-13-28(14-16-30)18-26(29-3)27(2,31)21-33-28/h5-7,9-12,17,26,29,31H,4,8,13-16,18-21H2,1-3H3/t26-,27-/m0/s1. The number of likely N-dealkylation sites (N-methyl/N-ethyl adjacent to an activating group) is 1. The average Bonchev–Trinajstić information content (AvgIpc) is 2.83. The SMILES string of the molecule is CCCc1ccc(OCc2ccccc2)c(CN2CCC3(CC2)C[C@H](NC)[C@@](C)(O)CO3)c1. The molecule has 2 aromatic rings. The van der Waals surface area contributed by atoms with Crippen molar-refractivity contribution in [3.8, 4) is 5.75 Å². The van der Waals surface area contributed by atoms with Crippen LogP contribution in [0.1, 0.15) is 56.2 Å². The minimum atomic E-state index is -0.804. The van der Waals surface area contributed by atoms with Crippen LogP contribution in [0.25, 0.3) is 0 Å². The largest absolute Gasteiger partial charge is 0.489 e. The molecule has 2 aromatic carbocycles. The molecule has 0 saturated carbocycles. The molecule has 2 saturated heterocycles. The molecule has 2 aliphatic heterocycles. The van der Waals surface area contributed by atoms with Gasteiger partial charge in [-0.05, 0) is 56.8 Å². The van der Waals surface area contributed by atoms with E-state index in [1.54, 1.807) is 0 Å². The summed E-state index contributed by atoms with van der Waals surface area (Å²) in [7, 11) is 1.94. The zero-order chi connectivity index (χ0) is 23.3. The van der Waals surface area contributed by atoms with Gasteiger partial charge >= 0.3 is 0 Å². The van der Waals surface area contributed by atoms with Crippen molar-refractivity contribution in [1.82, 2.24) is 10.2 Å². The number of benzene rings is 2. The van der Waals surface area contributed by atoms with E-state index in [0.29, 0.717) is 13.2 Å². The number of nitrogens with one attached hydrogen (secondary N) is 1. The predicted molar refractivity (Wildman–Crippen MR) is 132 cm³/mol. The van der Waals surface area contributed by atoms with Crippen LogP contribution in [0.3, 0.4) is 0 Å². The summed E-state index contributed by atoms with van der Waals surface area (Å²) < 4.78 is 12.5. The highest BCUT2D eigenvalue weighted by Gasteiger charge is 2.47. The van der Waals surface area contributed by atoms with Crippen molar-refractivity contribution < 1.29 is 14.6 Å². The molecule has 2 fully saturated rings. The summed E-state index contributed by atoms with van der Waals surface area (Å²) in [4.78, 5) is 2.52. The Hall–Kier alpha value is -1.92. The number of hydrogen-bond donors (Lipinski definition) is 2. The first-order valence-corrected chi connectivity index (χ1v) is 12.5. The van der Waals surface area contributed by atoms with Gasteiger partial charge in [0.05, 0.1) is 12.2 Å². The monoisotopic (exact) mass is 452 g/mol. The molecule has 180 valence electrons. The molecule has 5 heteroatoms. The van der Waals surface area contributed by atoms with Crippen LogP contribution in [0.15, 0.2) is 48.5 Å². The highest BCUT2D eigenvalue weighted by Crippen LogP contribution is 2.39. The fourth-order valence-electron chi connectivity index (χ4n) is 5.25. The smallest absolute Gasteiger partial charge is 0.124 e. The van der Waals surface area contributed by atoms with Crippen molar-refractivity contribution in [2.75, 3.05) is 26.7 Å². The Balaban J connectivity index is 1.41. The molecular formula is C28H40N2O3. The van der Waals surface area contributed by atoms with Gasteiger partial charge in [0.2, 0.25) is 0 Å². The van der Waals surface area contributed by atoms with Crippen LogP contribution in [0.4, 0.5) is 0 Å². The summed E-state index contributed by atoms with van der Waals surface area (Å²) in [5.41, 5.74) is 2.91. The van der Waals surface area contributed by atoms with Crippen molar-refractivity contribution in [2.45, 2.75) is 76.3 Å². The first kappa shape index (κ1) is 24.2. The molecule has 0 aromatic heterocycles. The molecule has 2 aliphatic rings. The van der Waals surface area contributed by atoms with Gasteiger partial charge in [0, 0.05) is 31.2 Å². The molecule has 33 heavy (non-hydrogen) atoms. The fraction of sp³-hybridized carbons (Fsp3) is 0.571. The van der Waals surface area contributed by atoms with Crippen molar-refractivity contribution >= 4 is 0 Å². The van der Waals surface area contributed by atoms with Crippen molar-refractivity contribution in [3.63, 3.8) is 0 Å². The van der Waals surface area contributed by atoms with Crippen molar-refractivity contribution in [2.24, 2.45) is 0 Å². The molecule has 0 aliphatic carbocycles. The second-order valence-electron chi connectivity index (χ2n) is 10.1. The first-order valence-electron chi connectivity index (χ1n) is 12.5. The van der Waals surface area contributed by atoms with Gasteiger partial charge in [-0.1, -0.05) is 55.8 Å². The van der Waals surface area contributed by atoms with E-state index in [1.165, 1.54) is 16.7 Å². The third-order valence-electron chi connectivity index (χ3n) is 7.41. The number of aryl methyl sites for hydroxylation is 1.